The van der Waals surface area contributed by atoms with E-state index in [0.717, 1.165) is 22.5 Å². The van der Waals surface area contributed by atoms with Crippen LogP contribution in [-0.2, 0) is 0 Å². The molecule has 1 saturated heterocycles. The van der Waals surface area contributed by atoms with Gasteiger partial charge in [-0.1, -0.05) is 54.1 Å². The van der Waals surface area contributed by atoms with Gasteiger partial charge in [0, 0.05) is 11.4 Å². The number of nitrogens with zero attached hydrogens (tertiary/aromatic N) is 4. The van der Waals surface area contributed by atoms with Crippen molar-refractivity contribution in [1.82, 2.24) is 0 Å². The van der Waals surface area contributed by atoms with E-state index in [1.165, 1.54) is 0 Å². The SMILES string of the molecule is [C-]#[N+]c1ccc(N2C(=O)N(c3ccc(C)cc3)C(C)(C)C2c2cccc([N+]#[C-])c2)cc1. The number of urea groups is 1. The highest BCUT2D eigenvalue weighted by Crippen LogP contribution is 2.48. The lowest BCUT2D eigenvalue weighted by atomic mass is 9.87. The number of carbonyl (C=O) groups is 1. The summed E-state index contributed by atoms with van der Waals surface area (Å²) in [7, 11) is 0. The van der Waals surface area contributed by atoms with Gasteiger partial charge in [0.1, 0.15) is 0 Å². The number of aryl methyl sites for hydroxylation is 1. The zero-order valence-corrected chi connectivity index (χ0v) is 17.7. The van der Waals surface area contributed by atoms with Gasteiger partial charge in [-0.15, -0.1) is 0 Å². The molecule has 5 nitrogen and oxygen atoms in total. The van der Waals surface area contributed by atoms with E-state index in [9.17, 15) is 4.79 Å². The van der Waals surface area contributed by atoms with E-state index in [1.807, 2.05) is 80.3 Å². The Morgan fingerprint density at radius 3 is 2.06 bits per heavy atom. The van der Waals surface area contributed by atoms with Crippen LogP contribution >= 0.6 is 0 Å². The van der Waals surface area contributed by atoms with Crippen molar-refractivity contribution in [2.24, 2.45) is 0 Å². The molecule has 1 fully saturated rings. The lowest BCUT2D eigenvalue weighted by molar-refractivity contribution is 0.254. The molecule has 1 unspecified atom stereocenters. The Balaban J connectivity index is 1.90. The quantitative estimate of drug-likeness (QED) is 0.428. The van der Waals surface area contributed by atoms with Crippen LogP contribution in [0.3, 0.4) is 0 Å². The normalized spacial score (nSPS) is 17.3. The molecule has 0 spiro atoms. The Bertz CT molecular complexity index is 1210. The number of carbonyl (C=O) groups excluding carboxylic acids is 1. The van der Waals surface area contributed by atoms with Crippen LogP contribution in [0.2, 0.25) is 0 Å². The first-order valence-electron chi connectivity index (χ1n) is 10.0. The highest BCUT2D eigenvalue weighted by molar-refractivity contribution is 6.08. The van der Waals surface area contributed by atoms with E-state index in [1.54, 1.807) is 23.1 Å². The van der Waals surface area contributed by atoms with Gasteiger partial charge >= 0.3 is 6.03 Å². The van der Waals surface area contributed by atoms with Crippen molar-refractivity contribution >= 4 is 28.8 Å². The molecule has 0 aromatic heterocycles. The summed E-state index contributed by atoms with van der Waals surface area (Å²) in [4.78, 5) is 24.5. The second kappa shape index (κ2) is 7.63. The van der Waals surface area contributed by atoms with Crippen molar-refractivity contribution in [3.63, 3.8) is 0 Å². The third kappa shape index (κ3) is 3.41. The molecule has 0 saturated carbocycles. The smallest absolute Gasteiger partial charge is 0.286 e. The minimum absolute atomic E-state index is 0.136. The molecule has 0 radical (unpaired) electrons. The molecule has 2 amide bonds. The van der Waals surface area contributed by atoms with Crippen LogP contribution in [0.15, 0.2) is 72.8 Å². The predicted molar refractivity (Wildman–Crippen MR) is 124 cm³/mol. The molecule has 3 aromatic rings. The number of hydrogen-bond donors (Lipinski definition) is 0. The van der Waals surface area contributed by atoms with E-state index in [0.29, 0.717) is 11.4 Å². The van der Waals surface area contributed by atoms with Crippen LogP contribution in [0.4, 0.5) is 27.5 Å². The van der Waals surface area contributed by atoms with E-state index >= 15 is 0 Å². The van der Waals surface area contributed by atoms with Crippen LogP contribution in [0.1, 0.15) is 31.0 Å². The third-order valence-electron chi connectivity index (χ3n) is 5.77. The Labute approximate surface area is 182 Å². The van der Waals surface area contributed by atoms with Crippen molar-refractivity contribution in [1.29, 1.82) is 0 Å². The first-order chi connectivity index (χ1) is 14.9. The lowest BCUT2D eigenvalue weighted by Gasteiger charge is -2.35. The fourth-order valence-corrected chi connectivity index (χ4v) is 4.31. The van der Waals surface area contributed by atoms with Gasteiger partial charge in [0.25, 0.3) is 0 Å². The van der Waals surface area contributed by atoms with Crippen molar-refractivity contribution in [3.05, 3.63) is 107 Å². The van der Waals surface area contributed by atoms with E-state index < -0.39 is 5.54 Å². The lowest BCUT2D eigenvalue weighted by Crippen LogP contribution is -2.43. The second-order valence-corrected chi connectivity index (χ2v) is 8.21. The van der Waals surface area contributed by atoms with Crippen molar-refractivity contribution in [2.75, 3.05) is 9.80 Å². The van der Waals surface area contributed by atoms with Crippen molar-refractivity contribution in [2.45, 2.75) is 32.4 Å². The molecule has 3 aromatic carbocycles. The number of hydrogen-bond acceptors (Lipinski definition) is 1. The summed E-state index contributed by atoms with van der Waals surface area (Å²) in [6.45, 7) is 20.7. The van der Waals surface area contributed by atoms with Gasteiger partial charge in [-0.05, 0) is 50.6 Å². The largest absolute Gasteiger partial charge is 0.330 e. The Kier molecular flexibility index (Phi) is 4.97. The minimum atomic E-state index is -0.592. The summed E-state index contributed by atoms with van der Waals surface area (Å²) in [6.07, 6.45) is 0. The molecule has 5 heteroatoms. The molecule has 0 bridgehead atoms. The number of anilines is 2. The van der Waals surface area contributed by atoms with Crippen LogP contribution in [0, 0.1) is 20.1 Å². The predicted octanol–water partition coefficient (Wildman–Crippen LogP) is 7.06. The summed E-state index contributed by atoms with van der Waals surface area (Å²) in [5.74, 6) is 0. The molecule has 152 valence electrons. The van der Waals surface area contributed by atoms with Gasteiger partial charge in [0.15, 0.2) is 11.4 Å². The van der Waals surface area contributed by atoms with E-state index in [4.69, 9.17) is 13.1 Å². The molecule has 0 N–H and O–H groups in total. The van der Waals surface area contributed by atoms with Crippen LogP contribution < -0.4 is 9.80 Å². The summed E-state index contributed by atoms with van der Waals surface area (Å²) >= 11 is 0. The maximum Gasteiger partial charge on any atom is 0.330 e. The fraction of sp³-hybridized carbons (Fsp3) is 0.192. The topological polar surface area (TPSA) is 32.3 Å². The molecule has 1 aliphatic rings. The zero-order valence-electron chi connectivity index (χ0n) is 17.7. The minimum Gasteiger partial charge on any atom is -0.286 e. The first-order valence-corrected chi connectivity index (χ1v) is 10.0. The fourth-order valence-electron chi connectivity index (χ4n) is 4.31. The van der Waals surface area contributed by atoms with Gasteiger partial charge in [0.05, 0.1) is 24.7 Å². The Hall–Kier alpha value is -4.09. The monoisotopic (exact) mass is 406 g/mol. The summed E-state index contributed by atoms with van der Waals surface area (Å²) in [5.41, 5.74) is 4.04. The Morgan fingerprint density at radius 1 is 0.839 bits per heavy atom. The van der Waals surface area contributed by atoms with Crippen LogP contribution in [0.25, 0.3) is 9.69 Å². The second-order valence-electron chi connectivity index (χ2n) is 8.21. The third-order valence-corrected chi connectivity index (χ3v) is 5.77. The summed E-state index contributed by atoms with van der Waals surface area (Å²) < 4.78 is 0. The molecule has 1 aliphatic heterocycles. The van der Waals surface area contributed by atoms with Gasteiger partial charge in [-0.2, -0.15) is 0 Å². The number of rotatable bonds is 3. The average Bonchev–Trinajstić information content (AvgIpc) is 2.99. The molecule has 4 rings (SSSR count). The van der Waals surface area contributed by atoms with E-state index in [-0.39, 0.29) is 12.1 Å². The van der Waals surface area contributed by atoms with Crippen LogP contribution in [-0.4, -0.2) is 11.6 Å². The first kappa shape index (κ1) is 20.2. The van der Waals surface area contributed by atoms with Gasteiger partial charge in [0.2, 0.25) is 0 Å². The number of benzene rings is 3. The maximum atomic E-state index is 13.8. The summed E-state index contributed by atoms with van der Waals surface area (Å²) in [5, 5.41) is 0. The van der Waals surface area contributed by atoms with Gasteiger partial charge in [-0.3, -0.25) is 9.80 Å². The maximum absolute atomic E-state index is 13.8. The molecule has 1 atom stereocenters. The van der Waals surface area contributed by atoms with E-state index in [2.05, 4.69) is 9.69 Å². The van der Waals surface area contributed by atoms with Crippen molar-refractivity contribution in [3.8, 4) is 0 Å². The molecule has 31 heavy (non-hydrogen) atoms. The molecule has 0 aliphatic carbocycles. The highest BCUT2D eigenvalue weighted by Gasteiger charge is 2.53. The zero-order chi connectivity index (χ0) is 22.2. The van der Waals surface area contributed by atoms with Gasteiger partial charge in [-0.25, -0.2) is 14.5 Å². The molecular formula is C26H22N4O. The highest BCUT2D eigenvalue weighted by atomic mass is 16.2. The standard InChI is InChI=1S/C26H22N4O/c1-18-9-13-23(14-10-18)30-25(31)29(22-15-11-20(27-4)12-16-22)24(26(30,2)3)19-7-6-8-21(17-19)28-5/h6-17,24H,1-3H3. The average molecular weight is 406 g/mol. The van der Waals surface area contributed by atoms with Gasteiger partial charge < -0.3 is 0 Å². The number of amides is 2. The van der Waals surface area contributed by atoms with Crippen molar-refractivity contribution < 1.29 is 4.79 Å². The Morgan fingerprint density at radius 2 is 1.45 bits per heavy atom. The van der Waals surface area contributed by atoms with Crippen LogP contribution in [0.5, 0.6) is 0 Å². The molecular weight excluding hydrogens is 384 g/mol. The summed E-state index contributed by atoms with van der Waals surface area (Å²) in [6, 6.07) is 22.0. The molecule has 1 heterocycles.